The van der Waals surface area contributed by atoms with Gasteiger partial charge in [0.05, 0.1) is 12.6 Å². The Morgan fingerprint density at radius 2 is 2.12 bits per heavy atom. The maximum atomic E-state index is 9.59. The van der Waals surface area contributed by atoms with Crippen LogP contribution in [0.25, 0.3) is 11.4 Å². The van der Waals surface area contributed by atoms with Gasteiger partial charge >= 0.3 is 0 Å². The van der Waals surface area contributed by atoms with E-state index in [-0.39, 0.29) is 0 Å². The van der Waals surface area contributed by atoms with Crippen LogP contribution in [-0.2, 0) is 6.54 Å². The van der Waals surface area contributed by atoms with Crippen molar-refractivity contribution in [1.29, 1.82) is 0 Å². The Bertz CT molecular complexity index is 495. The van der Waals surface area contributed by atoms with Crippen LogP contribution in [0.4, 0.5) is 5.95 Å². The molecule has 0 radical (unpaired) electrons. The lowest BCUT2D eigenvalue weighted by Gasteiger charge is -2.21. The first-order valence-electron chi connectivity index (χ1n) is 5.10. The Morgan fingerprint density at radius 1 is 1.31 bits per heavy atom. The summed E-state index contributed by atoms with van der Waals surface area (Å²) in [6.07, 6.45) is 3.02. The average Bonchev–Trinajstić information content (AvgIpc) is 2.73. The lowest BCUT2D eigenvalue weighted by Crippen LogP contribution is -2.31. The molecule has 0 amide bonds. The van der Waals surface area contributed by atoms with Gasteiger partial charge in [0.1, 0.15) is 0 Å². The van der Waals surface area contributed by atoms with Gasteiger partial charge in [0.2, 0.25) is 5.95 Å². The topological polar surface area (TPSA) is 75.9 Å². The molecule has 0 aliphatic carbocycles. The van der Waals surface area contributed by atoms with Gasteiger partial charge in [-0.05, 0) is 12.1 Å². The average molecular weight is 217 g/mol. The molecule has 2 aromatic rings. The van der Waals surface area contributed by atoms with Crippen LogP contribution in [0.3, 0.4) is 0 Å². The van der Waals surface area contributed by atoms with Crippen molar-refractivity contribution < 1.29 is 5.11 Å². The number of aliphatic hydroxyl groups excluding tert-OH is 1. The van der Waals surface area contributed by atoms with E-state index in [0.717, 1.165) is 11.4 Å². The number of nitrogens with one attached hydrogen (secondary N) is 1. The van der Waals surface area contributed by atoms with E-state index in [1.54, 1.807) is 12.4 Å². The Kier molecular flexibility index (Phi) is 2.07. The molecule has 0 spiro atoms. The summed E-state index contributed by atoms with van der Waals surface area (Å²) in [5, 5.41) is 20.8. The minimum absolute atomic E-state index is 0.399. The third-order valence-corrected chi connectivity index (χ3v) is 2.58. The molecule has 0 saturated heterocycles. The first-order chi connectivity index (χ1) is 7.84. The van der Waals surface area contributed by atoms with Crippen molar-refractivity contribution in [2.75, 3.05) is 11.9 Å². The maximum Gasteiger partial charge on any atom is 0.225 e. The number of rotatable bonds is 1. The number of nitrogens with zero attached hydrogens (tertiary/aromatic N) is 4. The lowest BCUT2D eigenvalue weighted by molar-refractivity contribution is 0.160. The highest BCUT2D eigenvalue weighted by molar-refractivity contribution is 5.56. The van der Waals surface area contributed by atoms with Crippen molar-refractivity contribution >= 4 is 5.95 Å². The van der Waals surface area contributed by atoms with Gasteiger partial charge in [0, 0.05) is 24.5 Å². The predicted molar refractivity (Wildman–Crippen MR) is 57.7 cm³/mol. The molecule has 1 atom stereocenters. The molecular formula is C10H11N5O. The Balaban J connectivity index is 2.07. The number of hydrogen-bond acceptors (Lipinski definition) is 5. The zero-order valence-electron chi connectivity index (χ0n) is 8.54. The molecule has 6 nitrogen and oxygen atoms in total. The first kappa shape index (κ1) is 9.29. The van der Waals surface area contributed by atoms with Crippen molar-refractivity contribution in [2.45, 2.75) is 12.6 Å². The number of β-amino-alcohol motifs (C(OH)–C–C–N with tert-alkyl or cyclic N) is 1. The Morgan fingerprint density at radius 3 is 2.94 bits per heavy atom. The Hall–Kier alpha value is -1.95. The van der Waals surface area contributed by atoms with Gasteiger partial charge in [-0.1, -0.05) is 0 Å². The monoisotopic (exact) mass is 217 g/mol. The highest BCUT2D eigenvalue weighted by Gasteiger charge is 2.21. The van der Waals surface area contributed by atoms with Crippen LogP contribution in [0, 0.1) is 0 Å². The molecule has 2 aromatic heterocycles. The van der Waals surface area contributed by atoms with E-state index in [2.05, 4.69) is 20.5 Å². The molecule has 0 saturated carbocycles. The Labute approximate surface area is 92.0 Å². The molecule has 3 heterocycles. The van der Waals surface area contributed by atoms with Crippen LogP contribution in [-0.4, -0.2) is 37.5 Å². The zero-order valence-corrected chi connectivity index (χ0v) is 8.54. The highest BCUT2D eigenvalue weighted by atomic mass is 16.3. The normalized spacial score (nSPS) is 18.9. The molecule has 82 valence electrons. The van der Waals surface area contributed by atoms with Crippen molar-refractivity contribution in [3.8, 4) is 11.4 Å². The summed E-state index contributed by atoms with van der Waals surface area (Å²) in [4.78, 5) is 3.96. The van der Waals surface area contributed by atoms with Crippen LogP contribution in [0.15, 0.2) is 24.5 Å². The SMILES string of the molecule is OC1CNc2nnc(-c3ccncc3)n2C1. The van der Waals surface area contributed by atoms with Gasteiger partial charge < -0.3 is 10.4 Å². The van der Waals surface area contributed by atoms with Crippen LogP contribution in [0.1, 0.15) is 0 Å². The minimum Gasteiger partial charge on any atom is -0.389 e. The fourth-order valence-electron chi connectivity index (χ4n) is 1.81. The smallest absolute Gasteiger partial charge is 0.225 e. The van der Waals surface area contributed by atoms with E-state index in [0.29, 0.717) is 19.0 Å². The van der Waals surface area contributed by atoms with E-state index < -0.39 is 6.10 Å². The van der Waals surface area contributed by atoms with E-state index in [1.165, 1.54) is 0 Å². The second-order valence-corrected chi connectivity index (χ2v) is 3.73. The molecule has 1 unspecified atom stereocenters. The number of anilines is 1. The van der Waals surface area contributed by atoms with Gasteiger partial charge in [0.15, 0.2) is 5.82 Å². The van der Waals surface area contributed by atoms with Gasteiger partial charge in [-0.15, -0.1) is 10.2 Å². The molecule has 3 rings (SSSR count). The van der Waals surface area contributed by atoms with E-state index in [9.17, 15) is 5.11 Å². The number of aromatic nitrogens is 4. The van der Waals surface area contributed by atoms with Gasteiger partial charge in [-0.2, -0.15) is 0 Å². The summed E-state index contributed by atoms with van der Waals surface area (Å²) in [6.45, 7) is 1.04. The van der Waals surface area contributed by atoms with Gasteiger partial charge in [-0.25, -0.2) is 0 Å². The van der Waals surface area contributed by atoms with Crippen LogP contribution in [0.2, 0.25) is 0 Å². The molecule has 0 bridgehead atoms. The molecule has 1 aliphatic heterocycles. The van der Waals surface area contributed by atoms with Gasteiger partial charge in [-0.3, -0.25) is 9.55 Å². The number of aliphatic hydroxyl groups is 1. The number of hydrogen-bond donors (Lipinski definition) is 2. The minimum atomic E-state index is -0.399. The summed E-state index contributed by atoms with van der Waals surface area (Å²) in [5.74, 6) is 1.46. The molecule has 16 heavy (non-hydrogen) atoms. The molecule has 2 N–H and O–H groups in total. The van der Waals surface area contributed by atoms with Crippen molar-refractivity contribution in [3.63, 3.8) is 0 Å². The lowest BCUT2D eigenvalue weighted by atomic mass is 10.2. The summed E-state index contributed by atoms with van der Waals surface area (Å²) >= 11 is 0. The maximum absolute atomic E-state index is 9.59. The number of fused-ring (bicyclic) bond motifs is 1. The summed E-state index contributed by atoms with van der Waals surface area (Å²) in [5.41, 5.74) is 0.949. The summed E-state index contributed by atoms with van der Waals surface area (Å²) < 4.78 is 1.88. The van der Waals surface area contributed by atoms with Crippen molar-refractivity contribution in [2.24, 2.45) is 0 Å². The second kappa shape index (κ2) is 3.57. The molecule has 0 aromatic carbocycles. The van der Waals surface area contributed by atoms with E-state index >= 15 is 0 Å². The quantitative estimate of drug-likeness (QED) is 0.710. The van der Waals surface area contributed by atoms with E-state index in [1.807, 2.05) is 16.7 Å². The number of pyridine rings is 1. The second-order valence-electron chi connectivity index (χ2n) is 3.73. The zero-order chi connectivity index (χ0) is 11.0. The predicted octanol–water partition coefficient (Wildman–Crippen LogP) is 0.127. The molecular weight excluding hydrogens is 206 g/mol. The first-order valence-corrected chi connectivity index (χ1v) is 5.10. The summed E-state index contributed by atoms with van der Waals surface area (Å²) in [6, 6.07) is 3.75. The van der Waals surface area contributed by atoms with Crippen LogP contribution in [0.5, 0.6) is 0 Å². The van der Waals surface area contributed by atoms with E-state index in [4.69, 9.17) is 0 Å². The molecule has 0 fully saturated rings. The van der Waals surface area contributed by atoms with Crippen LogP contribution >= 0.6 is 0 Å². The molecule has 1 aliphatic rings. The van der Waals surface area contributed by atoms with Crippen molar-refractivity contribution in [3.05, 3.63) is 24.5 Å². The summed E-state index contributed by atoms with van der Waals surface area (Å²) in [7, 11) is 0. The third-order valence-electron chi connectivity index (χ3n) is 2.58. The van der Waals surface area contributed by atoms with Crippen LogP contribution < -0.4 is 5.32 Å². The molecule has 6 heteroatoms. The fourth-order valence-corrected chi connectivity index (χ4v) is 1.81. The fraction of sp³-hybridized carbons (Fsp3) is 0.300. The van der Waals surface area contributed by atoms with Gasteiger partial charge in [0.25, 0.3) is 0 Å². The largest absolute Gasteiger partial charge is 0.389 e. The highest BCUT2D eigenvalue weighted by Crippen LogP contribution is 2.22. The standard InChI is InChI=1S/C10H11N5O/c16-8-5-12-10-14-13-9(15(10)6-8)7-1-3-11-4-2-7/h1-4,8,16H,5-6H2,(H,12,14). The third kappa shape index (κ3) is 1.43. The van der Waals surface area contributed by atoms with Crippen molar-refractivity contribution in [1.82, 2.24) is 19.7 Å².